The lowest BCUT2D eigenvalue weighted by Crippen LogP contribution is -1.89. The summed E-state index contributed by atoms with van der Waals surface area (Å²) in [6.45, 7) is 1.75. The van der Waals surface area contributed by atoms with Crippen molar-refractivity contribution < 1.29 is 8.78 Å². The van der Waals surface area contributed by atoms with Gasteiger partial charge in [0.25, 0.3) is 6.43 Å². The number of hydrogen-bond donors (Lipinski definition) is 0. The van der Waals surface area contributed by atoms with Gasteiger partial charge in [0, 0.05) is 16.4 Å². The summed E-state index contributed by atoms with van der Waals surface area (Å²) in [4.78, 5) is 3.75. The highest BCUT2D eigenvalue weighted by Crippen LogP contribution is 2.26. The second-order valence-corrected chi connectivity index (χ2v) is 3.00. The van der Waals surface area contributed by atoms with Crippen LogP contribution in [0.5, 0.6) is 0 Å². The van der Waals surface area contributed by atoms with Gasteiger partial charge in [-0.3, -0.25) is 4.98 Å². The van der Waals surface area contributed by atoms with Gasteiger partial charge in [0.2, 0.25) is 0 Å². The van der Waals surface area contributed by atoms with Crippen LogP contribution in [-0.4, -0.2) is 4.98 Å². The Morgan fingerprint density at radius 2 is 2.18 bits per heavy atom. The summed E-state index contributed by atoms with van der Waals surface area (Å²) in [6, 6.07) is 1.57. The van der Waals surface area contributed by atoms with Crippen LogP contribution in [0.15, 0.2) is 16.7 Å². The second kappa shape index (κ2) is 3.26. The van der Waals surface area contributed by atoms with Crippen LogP contribution in [0.2, 0.25) is 0 Å². The van der Waals surface area contributed by atoms with Crippen molar-refractivity contribution in [3.63, 3.8) is 0 Å². The fourth-order valence-corrected chi connectivity index (χ4v) is 1.30. The summed E-state index contributed by atoms with van der Waals surface area (Å²) in [5.41, 5.74) is 0.664. The Balaban J connectivity index is 3.09. The maximum absolute atomic E-state index is 12.1. The zero-order chi connectivity index (χ0) is 8.43. The van der Waals surface area contributed by atoms with E-state index in [0.29, 0.717) is 4.47 Å². The molecule has 0 atom stereocenters. The van der Waals surface area contributed by atoms with Crippen LogP contribution in [-0.2, 0) is 0 Å². The van der Waals surface area contributed by atoms with E-state index in [0.717, 1.165) is 5.69 Å². The Labute approximate surface area is 71.6 Å². The monoisotopic (exact) mass is 221 g/mol. The Morgan fingerprint density at radius 3 is 2.64 bits per heavy atom. The van der Waals surface area contributed by atoms with Gasteiger partial charge in [0.15, 0.2) is 0 Å². The zero-order valence-electron chi connectivity index (χ0n) is 5.81. The van der Waals surface area contributed by atoms with Crippen LogP contribution < -0.4 is 0 Å². The Morgan fingerprint density at radius 1 is 1.55 bits per heavy atom. The van der Waals surface area contributed by atoms with Crippen LogP contribution in [0.1, 0.15) is 17.7 Å². The number of aromatic nitrogens is 1. The lowest BCUT2D eigenvalue weighted by molar-refractivity contribution is 0.150. The van der Waals surface area contributed by atoms with Crippen LogP contribution in [0.25, 0.3) is 0 Å². The van der Waals surface area contributed by atoms with Gasteiger partial charge in [0.05, 0.1) is 5.56 Å². The molecule has 1 heterocycles. The SMILES string of the molecule is Cc1cc(Br)c(C(F)F)cn1. The Bertz CT molecular complexity index is 263. The number of hydrogen-bond acceptors (Lipinski definition) is 1. The number of alkyl halides is 2. The summed E-state index contributed by atoms with van der Waals surface area (Å²) < 4.78 is 24.6. The van der Waals surface area contributed by atoms with Crippen LogP contribution >= 0.6 is 15.9 Å². The Hall–Kier alpha value is -0.510. The third-order valence-corrected chi connectivity index (χ3v) is 1.94. The normalized spacial score (nSPS) is 10.6. The molecular weight excluding hydrogens is 216 g/mol. The van der Waals surface area contributed by atoms with Crippen molar-refractivity contribution in [2.75, 3.05) is 0 Å². The van der Waals surface area contributed by atoms with E-state index in [1.807, 2.05) is 0 Å². The smallest absolute Gasteiger partial charge is 0.261 e. The van der Waals surface area contributed by atoms with Crippen molar-refractivity contribution in [1.29, 1.82) is 0 Å². The third kappa shape index (κ3) is 1.96. The summed E-state index contributed by atoms with van der Waals surface area (Å²) >= 11 is 3.03. The van der Waals surface area contributed by atoms with Gasteiger partial charge in [-0.15, -0.1) is 0 Å². The summed E-state index contributed by atoms with van der Waals surface area (Å²) in [6.07, 6.45) is -1.28. The van der Waals surface area contributed by atoms with E-state index in [1.54, 1.807) is 13.0 Å². The summed E-state index contributed by atoms with van der Waals surface area (Å²) in [5, 5.41) is 0. The van der Waals surface area contributed by atoms with Gasteiger partial charge >= 0.3 is 0 Å². The molecule has 0 amide bonds. The lowest BCUT2D eigenvalue weighted by atomic mass is 10.3. The van der Waals surface area contributed by atoms with E-state index in [-0.39, 0.29) is 5.56 Å². The van der Waals surface area contributed by atoms with Gasteiger partial charge in [-0.25, -0.2) is 8.78 Å². The Kier molecular flexibility index (Phi) is 2.54. The van der Waals surface area contributed by atoms with Crippen molar-refractivity contribution in [1.82, 2.24) is 4.98 Å². The molecule has 0 unspecified atom stereocenters. The second-order valence-electron chi connectivity index (χ2n) is 2.15. The van der Waals surface area contributed by atoms with Gasteiger partial charge in [-0.1, -0.05) is 15.9 Å². The van der Waals surface area contributed by atoms with Crippen molar-refractivity contribution in [2.24, 2.45) is 0 Å². The molecule has 1 rings (SSSR count). The zero-order valence-corrected chi connectivity index (χ0v) is 7.40. The highest BCUT2D eigenvalue weighted by Gasteiger charge is 2.11. The first kappa shape index (κ1) is 8.59. The van der Waals surface area contributed by atoms with Gasteiger partial charge in [-0.2, -0.15) is 0 Å². The molecule has 1 aromatic rings. The molecule has 1 aromatic heterocycles. The summed E-state index contributed by atoms with van der Waals surface area (Å²) in [5.74, 6) is 0. The third-order valence-electron chi connectivity index (χ3n) is 1.25. The molecule has 0 bridgehead atoms. The maximum Gasteiger partial charge on any atom is 0.266 e. The lowest BCUT2D eigenvalue weighted by Gasteiger charge is -2.01. The molecule has 0 saturated heterocycles. The van der Waals surface area contributed by atoms with Crippen molar-refractivity contribution >= 4 is 15.9 Å². The molecule has 0 aliphatic carbocycles. The first-order chi connectivity index (χ1) is 5.11. The molecule has 60 valence electrons. The predicted molar refractivity (Wildman–Crippen MR) is 41.6 cm³/mol. The number of nitrogens with zero attached hydrogens (tertiary/aromatic N) is 1. The molecule has 0 aliphatic heterocycles. The molecule has 0 N–H and O–H groups in total. The molecule has 0 saturated carbocycles. The number of halogens is 3. The topological polar surface area (TPSA) is 12.9 Å². The van der Waals surface area contributed by atoms with Crippen molar-refractivity contribution in [3.8, 4) is 0 Å². The fraction of sp³-hybridized carbons (Fsp3) is 0.286. The van der Waals surface area contributed by atoms with E-state index in [4.69, 9.17) is 0 Å². The molecule has 0 aliphatic rings. The first-order valence-electron chi connectivity index (χ1n) is 3.01. The van der Waals surface area contributed by atoms with E-state index < -0.39 is 6.43 Å². The van der Waals surface area contributed by atoms with Gasteiger partial charge < -0.3 is 0 Å². The molecule has 11 heavy (non-hydrogen) atoms. The molecule has 1 nitrogen and oxygen atoms in total. The highest BCUT2D eigenvalue weighted by molar-refractivity contribution is 9.10. The van der Waals surface area contributed by atoms with Crippen molar-refractivity contribution in [3.05, 3.63) is 28.0 Å². The van der Waals surface area contributed by atoms with Crippen LogP contribution in [0.4, 0.5) is 8.78 Å². The van der Waals surface area contributed by atoms with E-state index >= 15 is 0 Å². The number of rotatable bonds is 1. The summed E-state index contributed by atoms with van der Waals surface area (Å²) in [7, 11) is 0. The predicted octanol–water partition coefficient (Wildman–Crippen LogP) is 3.09. The van der Waals surface area contributed by atoms with Crippen molar-refractivity contribution in [2.45, 2.75) is 13.3 Å². The minimum atomic E-state index is -2.46. The molecule has 0 radical (unpaired) electrons. The standard InChI is InChI=1S/C7H6BrF2N/c1-4-2-6(8)5(3-11-4)7(9)10/h2-3,7H,1H3. The fourth-order valence-electron chi connectivity index (χ4n) is 0.698. The van der Waals surface area contributed by atoms with E-state index in [1.165, 1.54) is 6.20 Å². The highest BCUT2D eigenvalue weighted by atomic mass is 79.9. The molecule has 0 aromatic carbocycles. The molecular formula is C7H6BrF2N. The van der Waals surface area contributed by atoms with Gasteiger partial charge in [-0.05, 0) is 13.0 Å². The van der Waals surface area contributed by atoms with Gasteiger partial charge in [0.1, 0.15) is 0 Å². The molecule has 0 fully saturated rings. The minimum absolute atomic E-state index is 0.0596. The minimum Gasteiger partial charge on any atom is -0.261 e. The quantitative estimate of drug-likeness (QED) is 0.711. The molecule has 0 spiro atoms. The number of aryl methyl sites for hydroxylation is 1. The van der Waals surface area contributed by atoms with E-state index in [2.05, 4.69) is 20.9 Å². The van der Waals surface area contributed by atoms with E-state index in [9.17, 15) is 8.78 Å². The molecule has 4 heteroatoms. The average Bonchev–Trinajstić information content (AvgIpc) is 1.85. The number of pyridine rings is 1. The maximum atomic E-state index is 12.1. The average molecular weight is 222 g/mol. The largest absolute Gasteiger partial charge is 0.266 e. The first-order valence-corrected chi connectivity index (χ1v) is 3.80. The van der Waals surface area contributed by atoms with Crippen LogP contribution in [0, 0.1) is 6.92 Å². The van der Waals surface area contributed by atoms with Crippen LogP contribution in [0.3, 0.4) is 0 Å².